The van der Waals surface area contributed by atoms with Crippen molar-refractivity contribution in [1.82, 2.24) is 10.6 Å². The zero-order chi connectivity index (χ0) is 10.5. The highest BCUT2D eigenvalue weighted by atomic mass is 19.4. The van der Waals surface area contributed by atoms with Crippen molar-refractivity contribution in [3.8, 4) is 0 Å². The van der Waals surface area contributed by atoms with Gasteiger partial charge in [0.05, 0.1) is 6.54 Å². The maximum atomic E-state index is 11.7. The molecule has 0 aromatic rings. The maximum Gasteiger partial charge on any atom is 0.401 e. The van der Waals surface area contributed by atoms with Gasteiger partial charge in [-0.3, -0.25) is 0 Å². The fourth-order valence-corrected chi connectivity index (χ4v) is 1.06. The summed E-state index contributed by atoms with van der Waals surface area (Å²) in [5.41, 5.74) is -0.292. The average Bonchev–Trinajstić information content (AvgIpc) is 1.82. The molecule has 0 atom stereocenters. The van der Waals surface area contributed by atoms with Gasteiger partial charge in [-0.15, -0.1) is 0 Å². The lowest BCUT2D eigenvalue weighted by molar-refractivity contribution is -0.125. The summed E-state index contributed by atoms with van der Waals surface area (Å²) in [7, 11) is 0. The molecule has 0 aliphatic rings. The second-order valence-electron chi connectivity index (χ2n) is 3.63. The van der Waals surface area contributed by atoms with Gasteiger partial charge in [0.15, 0.2) is 0 Å². The van der Waals surface area contributed by atoms with Gasteiger partial charge >= 0.3 is 6.18 Å². The van der Waals surface area contributed by atoms with Crippen molar-refractivity contribution in [3.05, 3.63) is 0 Å². The normalized spacial score (nSPS) is 13.4. The maximum absolute atomic E-state index is 11.7. The summed E-state index contributed by atoms with van der Waals surface area (Å²) in [4.78, 5) is 0. The van der Waals surface area contributed by atoms with Gasteiger partial charge in [-0.2, -0.15) is 13.2 Å². The molecule has 80 valence electrons. The minimum Gasteiger partial charge on any atom is -0.311 e. The minimum absolute atomic E-state index is 0.292. The molecule has 2 nitrogen and oxygen atoms in total. The van der Waals surface area contributed by atoms with Crippen molar-refractivity contribution in [2.75, 3.05) is 19.6 Å². The third-order valence-electron chi connectivity index (χ3n) is 1.55. The Morgan fingerprint density at radius 2 is 1.62 bits per heavy atom. The van der Waals surface area contributed by atoms with Gasteiger partial charge in [0.2, 0.25) is 0 Å². The van der Waals surface area contributed by atoms with Crippen molar-refractivity contribution in [1.29, 1.82) is 0 Å². The van der Waals surface area contributed by atoms with Crippen LogP contribution in [-0.4, -0.2) is 31.3 Å². The van der Waals surface area contributed by atoms with E-state index in [4.69, 9.17) is 0 Å². The zero-order valence-corrected chi connectivity index (χ0v) is 8.26. The average molecular weight is 198 g/mol. The topological polar surface area (TPSA) is 24.1 Å². The number of likely N-dealkylation sites (N-methyl/N-ethyl adjacent to an activating group) is 1. The van der Waals surface area contributed by atoms with E-state index in [1.807, 2.05) is 20.8 Å². The number of hydrogen-bond acceptors (Lipinski definition) is 2. The molecule has 0 aliphatic heterocycles. The summed E-state index contributed by atoms with van der Waals surface area (Å²) in [5, 5.41) is 5.44. The first kappa shape index (κ1) is 12.7. The summed E-state index contributed by atoms with van der Waals surface area (Å²) < 4.78 is 35.2. The Morgan fingerprint density at radius 3 is 2.00 bits per heavy atom. The van der Waals surface area contributed by atoms with Gasteiger partial charge in [-0.25, -0.2) is 0 Å². The van der Waals surface area contributed by atoms with Crippen LogP contribution in [0.1, 0.15) is 20.8 Å². The van der Waals surface area contributed by atoms with Crippen molar-refractivity contribution in [2.45, 2.75) is 32.5 Å². The molecule has 0 rings (SSSR count). The molecule has 0 radical (unpaired) electrons. The predicted octanol–water partition coefficient (Wildman–Crippen LogP) is 1.53. The van der Waals surface area contributed by atoms with Gasteiger partial charge in [-0.05, 0) is 20.4 Å². The SMILES string of the molecule is CCNC(C)(C)CNCC(F)(F)F. The second kappa shape index (κ2) is 4.81. The van der Waals surface area contributed by atoms with Crippen LogP contribution in [-0.2, 0) is 0 Å². The lowest BCUT2D eigenvalue weighted by Crippen LogP contribution is -2.49. The van der Waals surface area contributed by atoms with E-state index in [0.29, 0.717) is 6.54 Å². The molecule has 0 saturated heterocycles. The van der Waals surface area contributed by atoms with Crippen LogP contribution in [0.25, 0.3) is 0 Å². The summed E-state index contributed by atoms with van der Waals surface area (Å²) in [6, 6.07) is 0. The Kier molecular flexibility index (Phi) is 4.70. The molecule has 0 aromatic carbocycles. The quantitative estimate of drug-likeness (QED) is 0.700. The summed E-state index contributed by atoms with van der Waals surface area (Å²) in [6.45, 7) is 5.77. The summed E-state index contributed by atoms with van der Waals surface area (Å²) >= 11 is 0. The first-order chi connectivity index (χ1) is 5.77. The molecule has 0 unspecified atom stereocenters. The molecule has 2 N–H and O–H groups in total. The Balaban J connectivity index is 3.63. The van der Waals surface area contributed by atoms with Crippen LogP contribution >= 0.6 is 0 Å². The molecular formula is C8H17F3N2. The van der Waals surface area contributed by atoms with Crippen LogP contribution in [0.15, 0.2) is 0 Å². The van der Waals surface area contributed by atoms with Gasteiger partial charge < -0.3 is 10.6 Å². The number of nitrogens with one attached hydrogen (secondary N) is 2. The molecule has 0 aliphatic carbocycles. The van der Waals surface area contributed by atoms with Crippen LogP contribution in [0, 0.1) is 0 Å². The van der Waals surface area contributed by atoms with E-state index in [0.717, 1.165) is 6.54 Å². The number of hydrogen-bond donors (Lipinski definition) is 2. The van der Waals surface area contributed by atoms with Crippen molar-refractivity contribution in [2.24, 2.45) is 0 Å². The van der Waals surface area contributed by atoms with Crippen LogP contribution in [0.3, 0.4) is 0 Å². The monoisotopic (exact) mass is 198 g/mol. The molecule has 0 spiro atoms. The molecule has 0 amide bonds. The van der Waals surface area contributed by atoms with E-state index in [-0.39, 0.29) is 5.54 Å². The van der Waals surface area contributed by atoms with E-state index in [1.54, 1.807) is 0 Å². The highest BCUT2D eigenvalue weighted by Gasteiger charge is 2.27. The molecule has 0 heterocycles. The van der Waals surface area contributed by atoms with Crippen LogP contribution < -0.4 is 10.6 Å². The van der Waals surface area contributed by atoms with Crippen LogP contribution in [0.2, 0.25) is 0 Å². The van der Waals surface area contributed by atoms with Crippen LogP contribution in [0.4, 0.5) is 13.2 Å². The highest BCUT2D eigenvalue weighted by molar-refractivity contribution is 4.79. The largest absolute Gasteiger partial charge is 0.401 e. The molecule has 0 saturated carbocycles. The predicted molar refractivity (Wildman–Crippen MR) is 46.7 cm³/mol. The number of rotatable bonds is 5. The minimum atomic E-state index is -4.12. The van der Waals surface area contributed by atoms with Gasteiger partial charge in [0.1, 0.15) is 0 Å². The van der Waals surface area contributed by atoms with Gasteiger partial charge in [0, 0.05) is 12.1 Å². The first-order valence-corrected chi connectivity index (χ1v) is 4.29. The first-order valence-electron chi connectivity index (χ1n) is 4.29. The van der Waals surface area contributed by atoms with Crippen molar-refractivity contribution >= 4 is 0 Å². The Morgan fingerprint density at radius 1 is 1.08 bits per heavy atom. The van der Waals surface area contributed by atoms with E-state index < -0.39 is 12.7 Å². The molecule has 0 aromatic heterocycles. The Hall–Kier alpha value is -0.290. The van der Waals surface area contributed by atoms with E-state index in [1.165, 1.54) is 0 Å². The van der Waals surface area contributed by atoms with Crippen molar-refractivity contribution in [3.63, 3.8) is 0 Å². The summed E-state index contributed by atoms with van der Waals surface area (Å²) in [5.74, 6) is 0. The third kappa shape index (κ3) is 8.05. The standard InChI is InChI=1S/C8H17F3N2/c1-4-13-7(2,3)5-12-6-8(9,10)11/h12-13H,4-6H2,1-3H3. The van der Waals surface area contributed by atoms with Gasteiger partial charge in [-0.1, -0.05) is 6.92 Å². The lowest BCUT2D eigenvalue weighted by Gasteiger charge is -2.26. The van der Waals surface area contributed by atoms with E-state index >= 15 is 0 Å². The summed E-state index contributed by atoms with van der Waals surface area (Å²) in [6.07, 6.45) is -4.12. The molecule has 0 fully saturated rings. The van der Waals surface area contributed by atoms with E-state index in [9.17, 15) is 13.2 Å². The third-order valence-corrected chi connectivity index (χ3v) is 1.55. The Bertz CT molecular complexity index is 143. The number of halogens is 3. The fourth-order valence-electron chi connectivity index (χ4n) is 1.06. The molecule has 5 heteroatoms. The highest BCUT2D eigenvalue weighted by Crippen LogP contribution is 2.12. The molecule has 13 heavy (non-hydrogen) atoms. The molecular weight excluding hydrogens is 181 g/mol. The number of alkyl halides is 3. The van der Waals surface area contributed by atoms with Gasteiger partial charge in [0.25, 0.3) is 0 Å². The molecule has 0 bridgehead atoms. The second-order valence-corrected chi connectivity index (χ2v) is 3.63. The van der Waals surface area contributed by atoms with E-state index in [2.05, 4.69) is 10.6 Å². The van der Waals surface area contributed by atoms with Crippen LogP contribution in [0.5, 0.6) is 0 Å². The van der Waals surface area contributed by atoms with Crippen molar-refractivity contribution < 1.29 is 13.2 Å². The lowest BCUT2D eigenvalue weighted by atomic mass is 10.1. The zero-order valence-electron chi connectivity index (χ0n) is 8.26. The smallest absolute Gasteiger partial charge is 0.311 e. The fraction of sp³-hybridized carbons (Fsp3) is 1.00. The Labute approximate surface area is 76.9 Å².